The zero-order chi connectivity index (χ0) is 58.7. The number of aliphatic hydroxyl groups excluding tert-OH is 3. The predicted molar refractivity (Wildman–Crippen MR) is 278 cm³/mol. The fraction of sp³-hybridized carbons (Fsp3) is 0.600. The van der Waals surface area contributed by atoms with Crippen molar-refractivity contribution in [3.63, 3.8) is 0 Å². The second kappa shape index (κ2) is 28.1. The number of amides is 2. The molecule has 0 bridgehead atoms. The summed E-state index contributed by atoms with van der Waals surface area (Å²) in [5.74, 6) is -2.27. The Kier molecular flexibility index (Phi) is 22.6. The summed E-state index contributed by atoms with van der Waals surface area (Å²) in [4.78, 5) is 117. The number of unbranched alkanes of at least 4 members (excludes halogenated alkanes) is 1. The largest absolute Gasteiger partial charge is 0.481 e. The molecule has 12 N–H and O–H groups in total. The SMILES string of the molecule is C[C@H](CCCCC(=O)CC(=O)SCCNC(=O)CCNC(=O)[C@H](O)C(C)(C)COP(=O)(O)OP(=O)(O)OC[C@H]1O[C@@H](n2cnc3c(N)ncnc32)[C@H](O)[C@@H]1OP(=O)(O)O)O[C@@H]1O[C@@H](C)[C@H](OC(=O)c2c[nH]c3ccccc23)C[C@H]1O. The number of aliphatic hydroxyl groups is 3. The van der Waals surface area contributed by atoms with Crippen LogP contribution in [0.3, 0.4) is 0 Å². The van der Waals surface area contributed by atoms with Crippen LogP contribution in [-0.4, -0.2) is 175 Å². The van der Waals surface area contributed by atoms with Gasteiger partial charge in [-0.25, -0.2) is 33.4 Å². The quantitative estimate of drug-likeness (QED) is 0.0153. The molecule has 2 aliphatic heterocycles. The van der Waals surface area contributed by atoms with Crippen molar-refractivity contribution in [3.05, 3.63) is 48.7 Å². The van der Waals surface area contributed by atoms with Crippen molar-refractivity contribution in [3.8, 4) is 0 Å². The summed E-state index contributed by atoms with van der Waals surface area (Å²) in [6.45, 7) is 3.67. The van der Waals surface area contributed by atoms with Crippen LogP contribution in [0.25, 0.3) is 22.1 Å². The van der Waals surface area contributed by atoms with E-state index in [1.165, 1.54) is 13.8 Å². The number of fused-ring (bicyclic) bond motifs is 2. The van der Waals surface area contributed by atoms with Gasteiger partial charge in [0, 0.05) is 60.6 Å². The average molecular weight is 1210 g/mol. The molecule has 2 amide bonds. The number of benzene rings is 1. The number of nitrogens with one attached hydrogen (secondary N) is 3. The Morgan fingerprint density at radius 1 is 0.975 bits per heavy atom. The number of aromatic nitrogens is 5. The minimum Gasteiger partial charge on any atom is -0.456 e. The fourth-order valence-corrected chi connectivity index (χ4v) is 11.8. The third-order valence-corrected chi connectivity index (χ3v) is 16.5. The van der Waals surface area contributed by atoms with Crippen molar-refractivity contribution in [2.24, 2.45) is 5.41 Å². The molecule has 0 radical (unpaired) electrons. The van der Waals surface area contributed by atoms with Crippen LogP contribution < -0.4 is 16.4 Å². The van der Waals surface area contributed by atoms with Gasteiger partial charge in [-0.2, -0.15) is 4.31 Å². The molecule has 4 aromatic rings. The monoisotopic (exact) mass is 1210 g/mol. The van der Waals surface area contributed by atoms with Gasteiger partial charge < -0.3 is 75.2 Å². The maximum Gasteiger partial charge on any atom is 0.481 e. The van der Waals surface area contributed by atoms with Crippen LogP contribution in [0.15, 0.2) is 43.1 Å². The standard InChI is InChI=1S/C45H65N8O23P3S/c1-24(71-44-30(55)18-31(25(2)72-44)74-43(61)28-19-49-29-12-8-7-11-27(28)29)9-5-6-10-26(54)17-34(57)80-16-15-47-33(56)13-14-48-41(60)38(59)45(3,4)21-70-79(67,68)76-78(65,66)69-20-32-37(75-77(62,63)64)36(58)42(73-32)53-23-52-35-39(46)50-22-51-40(35)53/h7-8,11-12,19,22-25,30-32,36-38,42,44,49,55,58-59H,5-6,9-10,13-18,20-21H2,1-4H3,(H,47,56)(H,48,60)(H,65,66)(H,67,68)(H2,46,50,51)(H2,62,63,64)/t24-,25+,30-,31-,32-,36-,37-,38+,42-,44-/m1/s1. The highest BCUT2D eigenvalue weighted by molar-refractivity contribution is 8.13. The van der Waals surface area contributed by atoms with Gasteiger partial charge >= 0.3 is 29.4 Å². The van der Waals surface area contributed by atoms with Crippen LogP contribution in [0.1, 0.15) is 89.2 Å². The zero-order valence-electron chi connectivity index (χ0n) is 43.6. The van der Waals surface area contributed by atoms with E-state index in [9.17, 15) is 72.6 Å². The highest BCUT2D eigenvalue weighted by atomic mass is 32.2. The number of nitrogen functional groups attached to an aromatic ring is 1. The molecule has 0 spiro atoms. The van der Waals surface area contributed by atoms with Gasteiger partial charge in [0.25, 0.3) is 0 Å². The first-order valence-electron chi connectivity index (χ1n) is 24.9. The number of carbonyl (C=O) groups is 5. The molecule has 444 valence electrons. The molecule has 6 rings (SSSR count). The second-order valence-corrected chi connectivity index (χ2v) is 24.8. The maximum absolute atomic E-state index is 12.9. The number of aromatic amines is 1. The molecule has 2 fully saturated rings. The van der Waals surface area contributed by atoms with Crippen LogP contribution in [0, 0.1) is 5.41 Å². The summed E-state index contributed by atoms with van der Waals surface area (Å²) in [7, 11) is -16.5. The van der Waals surface area contributed by atoms with E-state index in [-0.39, 0.29) is 78.5 Å². The molecule has 31 nitrogen and oxygen atoms in total. The molecular formula is C45H65N8O23P3S. The first-order valence-corrected chi connectivity index (χ1v) is 30.4. The van der Waals surface area contributed by atoms with Gasteiger partial charge in [0.05, 0.1) is 43.7 Å². The highest BCUT2D eigenvalue weighted by Gasteiger charge is 2.50. The number of para-hydroxylation sites is 1. The molecule has 3 aromatic heterocycles. The molecule has 35 heteroatoms. The molecule has 1 aromatic carbocycles. The van der Waals surface area contributed by atoms with E-state index in [1.807, 2.05) is 31.2 Å². The van der Waals surface area contributed by atoms with Gasteiger partial charge in [0.2, 0.25) is 11.8 Å². The van der Waals surface area contributed by atoms with Gasteiger partial charge in [0.15, 0.2) is 29.1 Å². The Labute approximate surface area is 460 Å². The number of H-pyrrole nitrogens is 1. The number of carbonyl (C=O) groups excluding carboxylic acids is 5. The number of hydrogen-bond donors (Lipinski definition) is 11. The number of hydrogen-bond acceptors (Lipinski definition) is 24. The zero-order valence-corrected chi connectivity index (χ0v) is 47.1. The molecule has 12 atom stereocenters. The minimum atomic E-state index is -5.62. The van der Waals surface area contributed by atoms with Crippen molar-refractivity contribution >= 4 is 91.8 Å². The van der Waals surface area contributed by atoms with Gasteiger partial charge in [0.1, 0.15) is 54.3 Å². The Morgan fingerprint density at radius 3 is 2.44 bits per heavy atom. The average Bonchev–Trinajstić information content (AvgIpc) is 4.17. The molecule has 0 aliphatic carbocycles. The second-order valence-electron chi connectivity index (χ2n) is 19.4. The van der Waals surface area contributed by atoms with Crippen LogP contribution in [-0.2, 0) is 69.7 Å². The maximum atomic E-state index is 12.9. The first-order chi connectivity index (χ1) is 37.5. The Hall–Kier alpha value is -4.66. The fourth-order valence-electron chi connectivity index (χ4n) is 8.29. The van der Waals surface area contributed by atoms with Crippen LogP contribution >= 0.6 is 35.2 Å². The number of rotatable bonds is 30. The van der Waals surface area contributed by atoms with E-state index in [1.54, 1.807) is 13.1 Å². The van der Waals surface area contributed by atoms with Crippen LogP contribution in [0.4, 0.5) is 5.82 Å². The molecule has 5 heterocycles. The summed E-state index contributed by atoms with van der Waals surface area (Å²) in [5.41, 5.74) is 5.36. The lowest BCUT2D eigenvalue weighted by atomic mass is 9.87. The minimum absolute atomic E-state index is 0.0131. The predicted octanol–water partition coefficient (Wildman–Crippen LogP) is 1.79. The summed E-state index contributed by atoms with van der Waals surface area (Å²) < 4.78 is 80.0. The van der Waals surface area contributed by atoms with E-state index in [4.69, 9.17) is 33.7 Å². The molecule has 0 saturated carbocycles. The van der Waals surface area contributed by atoms with Crippen molar-refractivity contribution in [1.29, 1.82) is 0 Å². The van der Waals surface area contributed by atoms with Crippen molar-refractivity contribution in [2.45, 2.75) is 134 Å². The Bertz CT molecular complexity index is 2960. The molecular weight excluding hydrogens is 1150 g/mol. The highest BCUT2D eigenvalue weighted by Crippen LogP contribution is 2.61. The summed E-state index contributed by atoms with van der Waals surface area (Å²) in [6.07, 6.45) is -7.63. The van der Waals surface area contributed by atoms with Gasteiger partial charge in [-0.05, 0) is 32.8 Å². The van der Waals surface area contributed by atoms with Crippen molar-refractivity contribution in [1.82, 2.24) is 35.1 Å². The summed E-state index contributed by atoms with van der Waals surface area (Å²) in [6, 6.07) is 7.32. The smallest absolute Gasteiger partial charge is 0.456 e. The van der Waals surface area contributed by atoms with Crippen molar-refractivity contribution in [2.75, 3.05) is 37.8 Å². The lowest BCUT2D eigenvalue weighted by Crippen LogP contribution is -2.49. The third-order valence-electron chi connectivity index (χ3n) is 12.5. The normalized spacial score (nSPS) is 23.9. The first kappa shape index (κ1) is 64.5. The molecule has 2 aliphatic rings. The lowest BCUT2D eigenvalue weighted by molar-refractivity contribution is -0.273. The Balaban J connectivity index is 0.805. The number of nitrogens with two attached hydrogens (primary N) is 1. The number of imidazole rings is 1. The van der Waals surface area contributed by atoms with E-state index < -0.39 is 115 Å². The molecule has 2 saturated heterocycles. The van der Waals surface area contributed by atoms with Crippen LogP contribution in [0.5, 0.6) is 0 Å². The number of phosphoric ester groups is 3. The number of thioether (sulfide) groups is 1. The number of anilines is 1. The van der Waals surface area contributed by atoms with E-state index >= 15 is 0 Å². The number of ketones is 1. The summed E-state index contributed by atoms with van der Waals surface area (Å²) >= 11 is 0.858. The molecule has 80 heavy (non-hydrogen) atoms. The number of nitrogens with zero attached hydrogens (tertiary/aromatic N) is 4. The number of Topliss-reactive ketones (excluding diaryl/α,β-unsaturated/α-hetero) is 1. The number of phosphoric acid groups is 3. The third kappa shape index (κ3) is 18.4. The number of ether oxygens (including phenoxy) is 4. The van der Waals surface area contributed by atoms with Crippen LogP contribution in [0.2, 0.25) is 0 Å². The lowest BCUT2D eigenvalue weighted by Gasteiger charge is -2.38. The summed E-state index contributed by atoms with van der Waals surface area (Å²) in [5, 5.41) is 37.6. The van der Waals surface area contributed by atoms with Gasteiger partial charge in [-0.1, -0.05) is 50.2 Å². The Morgan fingerprint density at radius 2 is 1.70 bits per heavy atom. The molecule has 2 unspecified atom stereocenters. The number of esters is 1. The van der Waals surface area contributed by atoms with E-state index in [0.717, 1.165) is 39.9 Å². The van der Waals surface area contributed by atoms with Gasteiger partial charge in [-0.15, -0.1) is 0 Å². The van der Waals surface area contributed by atoms with E-state index in [2.05, 4.69) is 39.4 Å². The van der Waals surface area contributed by atoms with Gasteiger partial charge in [-0.3, -0.25) is 37.3 Å². The van der Waals surface area contributed by atoms with Crippen molar-refractivity contribution < 1.29 is 109 Å². The van der Waals surface area contributed by atoms with E-state index in [0.29, 0.717) is 24.8 Å². The topological polar surface area (TPSA) is 461 Å².